The molecule has 134 valence electrons. The Balaban J connectivity index is 1.45. The standard InChI is InChI=1S/C20H27N3O2/c24-19(21-15-7-3-1-4-8-15)18-14-11-12-17(13-14)23(18)20(25)22-16-9-5-2-6-10-16/h1,3-4,7-8,14,16-18H,2,5-6,9-13H2,(H,21,24)(H,22,25)/t14-,17-,18-/m0/s1. The predicted molar refractivity (Wildman–Crippen MR) is 97.2 cm³/mol. The minimum Gasteiger partial charge on any atom is -0.335 e. The molecule has 1 aliphatic heterocycles. The van der Waals surface area contributed by atoms with Gasteiger partial charge in [-0.3, -0.25) is 4.79 Å². The van der Waals surface area contributed by atoms with Gasteiger partial charge in [-0.1, -0.05) is 37.5 Å². The van der Waals surface area contributed by atoms with Crippen LogP contribution in [0, 0.1) is 5.92 Å². The van der Waals surface area contributed by atoms with E-state index in [1.54, 1.807) is 0 Å². The van der Waals surface area contributed by atoms with E-state index in [9.17, 15) is 9.59 Å². The summed E-state index contributed by atoms with van der Waals surface area (Å²) in [6.45, 7) is 0. The maximum atomic E-state index is 12.9. The van der Waals surface area contributed by atoms with Crippen LogP contribution >= 0.6 is 0 Å². The summed E-state index contributed by atoms with van der Waals surface area (Å²) in [6, 6.07) is 9.65. The van der Waals surface area contributed by atoms with Crippen molar-refractivity contribution in [1.29, 1.82) is 0 Å². The predicted octanol–water partition coefficient (Wildman–Crippen LogP) is 3.52. The summed E-state index contributed by atoms with van der Waals surface area (Å²) >= 11 is 0. The number of nitrogens with one attached hydrogen (secondary N) is 2. The van der Waals surface area contributed by atoms with Crippen molar-refractivity contribution in [3.63, 3.8) is 0 Å². The van der Waals surface area contributed by atoms with Crippen LogP contribution in [0.4, 0.5) is 10.5 Å². The zero-order valence-electron chi connectivity index (χ0n) is 14.6. The van der Waals surface area contributed by atoms with Gasteiger partial charge in [0.25, 0.3) is 0 Å². The van der Waals surface area contributed by atoms with Crippen molar-refractivity contribution in [2.45, 2.75) is 69.5 Å². The smallest absolute Gasteiger partial charge is 0.318 e. The van der Waals surface area contributed by atoms with Crippen LogP contribution < -0.4 is 10.6 Å². The molecule has 1 aromatic carbocycles. The Kier molecular flexibility index (Phi) is 4.64. The monoisotopic (exact) mass is 341 g/mol. The number of piperidine rings is 1. The molecule has 4 rings (SSSR count). The average molecular weight is 341 g/mol. The lowest BCUT2D eigenvalue weighted by atomic mass is 9.95. The lowest BCUT2D eigenvalue weighted by Gasteiger charge is -2.36. The van der Waals surface area contributed by atoms with E-state index in [0.717, 1.165) is 37.8 Å². The summed E-state index contributed by atoms with van der Waals surface area (Å²) in [5.41, 5.74) is 0.794. The highest BCUT2D eigenvalue weighted by atomic mass is 16.2. The van der Waals surface area contributed by atoms with Crippen LogP contribution in [0.5, 0.6) is 0 Å². The molecule has 0 radical (unpaired) electrons. The Morgan fingerprint density at radius 2 is 1.72 bits per heavy atom. The third-order valence-electron chi connectivity index (χ3n) is 6.06. The Morgan fingerprint density at radius 1 is 0.960 bits per heavy atom. The van der Waals surface area contributed by atoms with Gasteiger partial charge in [0.1, 0.15) is 6.04 Å². The number of rotatable bonds is 3. The van der Waals surface area contributed by atoms with Gasteiger partial charge >= 0.3 is 6.03 Å². The molecule has 0 spiro atoms. The Hall–Kier alpha value is -2.04. The zero-order chi connectivity index (χ0) is 17.2. The van der Waals surface area contributed by atoms with Gasteiger partial charge in [0.05, 0.1) is 0 Å². The molecule has 3 aliphatic rings. The second-order valence-electron chi connectivity index (χ2n) is 7.72. The minimum absolute atomic E-state index is 0.0349. The van der Waals surface area contributed by atoms with E-state index >= 15 is 0 Å². The number of carbonyl (C=O) groups excluding carboxylic acids is 2. The molecule has 2 bridgehead atoms. The number of hydrogen-bond donors (Lipinski definition) is 2. The second-order valence-corrected chi connectivity index (χ2v) is 7.72. The number of para-hydroxylation sites is 1. The number of hydrogen-bond acceptors (Lipinski definition) is 2. The van der Waals surface area contributed by atoms with Crippen molar-refractivity contribution in [3.8, 4) is 0 Å². The number of carbonyl (C=O) groups is 2. The fraction of sp³-hybridized carbons (Fsp3) is 0.600. The Morgan fingerprint density at radius 3 is 2.48 bits per heavy atom. The third kappa shape index (κ3) is 3.37. The van der Waals surface area contributed by atoms with Crippen molar-refractivity contribution in [3.05, 3.63) is 30.3 Å². The van der Waals surface area contributed by atoms with Crippen molar-refractivity contribution in [2.75, 3.05) is 5.32 Å². The fourth-order valence-electron chi connectivity index (χ4n) is 4.85. The van der Waals surface area contributed by atoms with Crippen LogP contribution in [0.3, 0.4) is 0 Å². The van der Waals surface area contributed by atoms with E-state index < -0.39 is 0 Å². The zero-order valence-corrected chi connectivity index (χ0v) is 14.6. The van der Waals surface area contributed by atoms with Gasteiger partial charge in [0.2, 0.25) is 5.91 Å². The van der Waals surface area contributed by atoms with E-state index in [4.69, 9.17) is 0 Å². The summed E-state index contributed by atoms with van der Waals surface area (Å²) in [5.74, 6) is 0.253. The lowest BCUT2D eigenvalue weighted by Crippen LogP contribution is -2.56. The van der Waals surface area contributed by atoms with E-state index in [0.29, 0.717) is 5.92 Å². The summed E-state index contributed by atoms with van der Waals surface area (Å²) < 4.78 is 0. The third-order valence-corrected chi connectivity index (χ3v) is 6.06. The maximum Gasteiger partial charge on any atom is 0.318 e. The molecular formula is C20H27N3O2. The molecular weight excluding hydrogens is 314 g/mol. The molecule has 1 heterocycles. The van der Waals surface area contributed by atoms with E-state index in [1.807, 2.05) is 35.2 Å². The highest BCUT2D eigenvalue weighted by Gasteiger charge is 2.51. The highest BCUT2D eigenvalue weighted by Crippen LogP contribution is 2.43. The van der Waals surface area contributed by atoms with Crippen LogP contribution in [0.25, 0.3) is 0 Å². The second kappa shape index (κ2) is 7.06. The number of urea groups is 1. The molecule has 1 saturated heterocycles. The maximum absolute atomic E-state index is 12.9. The molecule has 0 aromatic heterocycles. The first-order valence-electron chi connectivity index (χ1n) is 9.67. The van der Waals surface area contributed by atoms with Gasteiger partial charge in [0.15, 0.2) is 0 Å². The van der Waals surface area contributed by atoms with E-state index in [1.165, 1.54) is 19.3 Å². The Bertz CT molecular complexity index is 627. The summed E-state index contributed by atoms with van der Waals surface area (Å²) in [7, 11) is 0. The van der Waals surface area contributed by atoms with Gasteiger partial charge in [-0.2, -0.15) is 0 Å². The topological polar surface area (TPSA) is 61.4 Å². The van der Waals surface area contributed by atoms with Gasteiger partial charge < -0.3 is 15.5 Å². The van der Waals surface area contributed by atoms with Gasteiger partial charge in [0, 0.05) is 17.8 Å². The van der Waals surface area contributed by atoms with Crippen LogP contribution in [0.2, 0.25) is 0 Å². The number of likely N-dealkylation sites (tertiary alicyclic amines) is 1. The first-order chi connectivity index (χ1) is 12.2. The fourth-order valence-corrected chi connectivity index (χ4v) is 4.85. The van der Waals surface area contributed by atoms with E-state index in [-0.39, 0.29) is 30.1 Å². The molecule has 3 amide bonds. The van der Waals surface area contributed by atoms with Crippen molar-refractivity contribution in [1.82, 2.24) is 10.2 Å². The molecule has 3 fully saturated rings. The van der Waals surface area contributed by atoms with Crippen LogP contribution in [0.1, 0.15) is 51.4 Å². The van der Waals surface area contributed by atoms with Crippen molar-refractivity contribution in [2.24, 2.45) is 5.92 Å². The number of anilines is 1. The Labute approximate surface area is 149 Å². The van der Waals surface area contributed by atoms with Gasteiger partial charge in [-0.25, -0.2) is 4.79 Å². The molecule has 2 saturated carbocycles. The van der Waals surface area contributed by atoms with Crippen LogP contribution in [-0.4, -0.2) is 35.0 Å². The van der Waals surface area contributed by atoms with Crippen molar-refractivity contribution >= 4 is 17.6 Å². The minimum atomic E-state index is -0.331. The van der Waals surface area contributed by atoms with Crippen molar-refractivity contribution < 1.29 is 9.59 Å². The quantitative estimate of drug-likeness (QED) is 0.883. The number of nitrogens with zero attached hydrogens (tertiary/aromatic N) is 1. The highest BCUT2D eigenvalue weighted by molar-refractivity contribution is 5.98. The number of amides is 3. The summed E-state index contributed by atoms with van der Waals surface area (Å²) in [4.78, 5) is 27.6. The first kappa shape index (κ1) is 16.4. The first-order valence-corrected chi connectivity index (χ1v) is 9.67. The molecule has 2 N–H and O–H groups in total. The normalized spacial score (nSPS) is 28.8. The molecule has 0 unspecified atom stereocenters. The summed E-state index contributed by atoms with van der Waals surface area (Å²) in [6.07, 6.45) is 8.81. The molecule has 1 aromatic rings. The SMILES string of the molecule is O=C(Nc1ccccc1)[C@@H]1[C@H]2CC[C@@H](C2)N1C(=O)NC1CCCCC1. The van der Waals surface area contributed by atoms with E-state index in [2.05, 4.69) is 10.6 Å². The molecule has 25 heavy (non-hydrogen) atoms. The largest absolute Gasteiger partial charge is 0.335 e. The molecule has 3 atom stereocenters. The van der Waals surface area contributed by atoms with Gasteiger partial charge in [-0.15, -0.1) is 0 Å². The molecule has 5 nitrogen and oxygen atoms in total. The van der Waals surface area contributed by atoms with Gasteiger partial charge in [-0.05, 0) is 50.2 Å². The lowest BCUT2D eigenvalue weighted by molar-refractivity contribution is -0.121. The number of fused-ring (bicyclic) bond motifs is 2. The van der Waals surface area contributed by atoms with Crippen LogP contribution in [0.15, 0.2) is 30.3 Å². The molecule has 2 aliphatic carbocycles. The average Bonchev–Trinajstić information content (AvgIpc) is 3.24. The summed E-state index contributed by atoms with van der Waals surface area (Å²) in [5, 5.41) is 6.20. The molecule has 5 heteroatoms. The number of benzene rings is 1. The van der Waals surface area contributed by atoms with Crippen LogP contribution in [-0.2, 0) is 4.79 Å².